The fraction of sp³-hybridized carbons (Fsp3) is 0.294. The molecule has 1 amide bonds. The lowest BCUT2D eigenvalue weighted by molar-refractivity contribution is -0.133. The lowest BCUT2D eigenvalue weighted by Crippen LogP contribution is -2.26. The number of amides is 1. The number of hydrogen-bond donors (Lipinski definition) is 2. The van der Waals surface area contributed by atoms with Crippen molar-refractivity contribution < 1.29 is 19.1 Å². The van der Waals surface area contributed by atoms with E-state index in [4.69, 9.17) is 5.11 Å². The molecular weight excluding hydrogens is 331 g/mol. The molecule has 0 bridgehead atoms. The third-order valence-electron chi connectivity index (χ3n) is 3.52. The van der Waals surface area contributed by atoms with E-state index >= 15 is 0 Å². The molecule has 1 aromatic heterocycles. The third kappa shape index (κ3) is 4.38. The van der Waals surface area contributed by atoms with Crippen molar-refractivity contribution in [3.8, 4) is 5.69 Å². The van der Waals surface area contributed by atoms with Crippen LogP contribution in [-0.4, -0.2) is 39.6 Å². The van der Waals surface area contributed by atoms with Crippen LogP contribution in [0.4, 0.5) is 4.39 Å². The van der Waals surface area contributed by atoms with Crippen molar-refractivity contribution in [2.75, 3.05) is 18.1 Å². The molecule has 2 rings (SSSR count). The van der Waals surface area contributed by atoms with E-state index in [0.29, 0.717) is 17.9 Å². The summed E-state index contributed by atoms with van der Waals surface area (Å²) in [5.41, 5.74) is 3.00. The quantitative estimate of drug-likeness (QED) is 0.753. The minimum Gasteiger partial charge on any atom is -0.481 e. The van der Waals surface area contributed by atoms with Crippen molar-refractivity contribution in [3.05, 3.63) is 53.1 Å². The van der Waals surface area contributed by atoms with Gasteiger partial charge in [0, 0.05) is 29.4 Å². The maximum Gasteiger partial charge on any atom is 0.313 e. The van der Waals surface area contributed by atoms with Crippen molar-refractivity contribution in [3.63, 3.8) is 0 Å². The second-order valence-electron chi connectivity index (χ2n) is 5.30. The Morgan fingerprint density at radius 1 is 1.25 bits per heavy atom. The van der Waals surface area contributed by atoms with Gasteiger partial charge in [-0.25, -0.2) is 4.39 Å². The number of nitrogens with zero attached hydrogens (tertiary/aromatic N) is 1. The molecule has 24 heavy (non-hydrogen) atoms. The van der Waals surface area contributed by atoms with Gasteiger partial charge in [0.15, 0.2) is 0 Å². The fourth-order valence-electron chi connectivity index (χ4n) is 2.47. The predicted molar refractivity (Wildman–Crippen MR) is 92.5 cm³/mol. The number of halogens is 1. The van der Waals surface area contributed by atoms with Gasteiger partial charge in [0.2, 0.25) is 0 Å². The standard InChI is InChI=1S/C17H19FN2O3S/c1-11-9-15(17(23)19-7-8-24-10-16(21)22)12(2)20(11)14-5-3-13(18)4-6-14/h3-6,9H,7-8,10H2,1-2H3,(H,19,23)(H,21,22). The number of carboxylic acid groups (broad SMARTS) is 1. The van der Waals surface area contributed by atoms with Crippen molar-refractivity contribution in [1.82, 2.24) is 9.88 Å². The minimum atomic E-state index is -0.867. The van der Waals surface area contributed by atoms with E-state index in [1.807, 2.05) is 18.4 Å². The second kappa shape index (κ2) is 8.01. The molecule has 2 N–H and O–H groups in total. The minimum absolute atomic E-state index is 0.0228. The van der Waals surface area contributed by atoms with E-state index in [0.717, 1.165) is 17.1 Å². The fourth-order valence-corrected chi connectivity index (χ4v) is 3.04. The molecule has 0 fully saturated rings. The Labute approximate surface area is 143 Å². The van der Waals surface area contributed by atoms with Crippen LogP contribution in [0.2, 0.25) is 0 Å². The van der Waals surface area contributed by atoms with Crippen molar-refractivity contribution >= 4 is 23.6 Å². The monoisotopic (exact) mass is 350 g/mol. The number of rotatable bonds is 7. The highest BCUT2D eigenvalue weighted by atomic mass is 32.2. The van der Waals surface area contributed by atoms with Crippen LogP contribution in [0.1, 0.15) is 21.7 Å². The molecular formula is C17H19FN2O3S. The zero-order chi connectivity index (χ0) is 17.7. The molecule has 1 heterocycles. The van der Waals surface area contributed by atoms with Gasteiger partial charge in [0.05, 0.1) is 11.3 Å². The largest absolute Gasteiger partial charge is 0.481 e. The number of aromatic nitrogens is 1. The molecule has 0 aliphatic rings. The van der Waals surface area contributed by atoms with Gasteiger partial charge in [-0.05, 0) is 44.2 Å². The Bertz CT molecular complexity index is 741. The molecule has 0 saturated carbocycles. The SMILES string of the molecule is Cc1cc(C(=O)NCCSCC(=O)O)c(C)n1-c1ccc(F)cc1. The van der Waals surface area contributed by atoms with E-state index in [2.05, 4.69) is 5.32 Å². The number of nitrogens with one attached hydrogen (secondary N) is 1. The number of aliphatic carboxylic acids is 1. The summed E-state index contributed by atoms with van der Waals surface area (Å²) < 4.78 is 15.0. The first-order valence-electron chi connectivity index (χ1n) is 7.42. The van der Waals surface area contributed by atoms with Crippen LogP contribution in [0.15, 0.2) is 30.3 Å². The first-order chi connectivity index (χ1) is 11.4. The van der Waals surface area contributed by atoms with Gasteiger partial charge in [0.25, 0.3) is 5.91 Å². The van der Waals surface area contributed by atoms with Gasteiger partial charge in [0.1, 0.15) is 5.82 Å². The summed E-state index contributed by atoms with van der Waals surface area (Å²) in [6.45, 7) is 4.12. The molecule has 128 valence electrons. The summed E-state index contributed by atoms with van der Waals surface area (Å²) in [6.07, 6.45) is 0. The van der Waals surface area contributed by atoms with Crippen molar-refractivity contribution in [1.29, 1.82) is 0 Å². The molecule has 0 aliphatic carbocycles. The lowest BCUT2D eigenvalue weighted by atomic mass is 10.2. The number of hydrogen-bond acceptors (Lipinski definition) is 3. The van der Waals surface area contributed by atoms with Crippen LogP contribution in [0.3, 0.4) is 0 Å². The number of benzene rings is 1. The summed E-state index contributed by atoms with van der Waals surface area (Å²) in [6, 6.07) is 7.89. The highest BCUT2D eigenvalue weighted by Gasteiger charge is 2.16. The molecule has 0 unspecified atom stereocenters. The predicted octanol–water partition coefficient (Wildman–Crippen LogP) is 2.78. The second-order valence-corrected chi connectivity index (χ2v) is 6.40. The van der Waals surface area contributed by atoms with Gasteiger partial charge in [-0.15, -0.1) is 11.8 Å². The van der Waals surface area contributed by atoms with E-state index in [1.165, 1.54) is 23.9 Å². The highest BCUT2D eigenvalue weighted by molar-refractivity contribution is 7.99. The molecule has 0 radical (unpaired) electrons. The highest BCUT2D eigenvalue weighted by Crippen LogP contribution is 2.21. The van der Waals surface area contributed by atoms with Gasteiger partial charge in [-0.1, -0.05) is 0 Å². The zero-order valence-electron chi connectivity index (χ0n) is 13.5. The number of carboxylic acids is 1. The molecule has 5 nitrogen and oxygen atoms in total. The topological polar surface area (TPSA) is 71.3 Å². The summed E-state index contributed by atoms with van der Waals surface area (Å²) in [7, 11) is 0. The number of carbonyl (C=O) groups excluding carboxylic acids is 1. The van der Waals surface area contributed by atoms with E-state index in [9.17, 15) is 14.0 Å². The molecule has 0 atom stereocenters. The van der Waals surface area contributed by atoms with Gasteiger partial charge in [-0.3, -0.25) is 9.59 Å². The van der Waals surface area contributed by atoms with Crippen LogP contribution in [0, 0.1) is 19.7 Å². The van der Waals surface area contributed by atoms with Gasteiger partial charge >= 0.3 is 5.97 Å². The summed E-state index contributed by atoms with van der Waals surface area (Å²) >= 11 is 1.25. The third-order valence-corrected chi connectivity index (χ3v) is 4.46. The Balaban J connectivity index is 2.06. The van der Waals surface area contributed by atoms with E-state index in [-0.39, 0.29) is 17.5 Å². The molecule has 0 saturated heterocycles. The Kier molecular flexibility index (Phi) is 6.03. The number of carbonyl (C=O) groups is 2. The maximum atomic E-state index is 13.1. The zero-order valence-corrected chi connectivity index (χ0v) is 14.3. The van der Waals surface area contributed by atoms with Crippen LogP contribution < -0.4 is 5.32 Å². The van der Waals surface area contributed by atoms with Crippen LogP contribution in [-0.2, 0) is 4.79 Å². The Morgan fingerprint density at radius 2 is 1.92 bits per heavy atom. The van der Waals surface area contributed by atoms with Crippen molar-refractivity contribution in [2.24, 2.45) is 0 Å². The van der Waals surface area contributed by atoms with E-state index < -0.39 is 5.97 Å². The van der Waals surface area contributed by atoms with Crippen molar-refractivity contribution in [2.45, 2.75) is 13.8 Å². The van der Waals surface area contributed by atoms with Crippen LogP contribution in [0.5, 0.6) is 0 Å². The summed E-state index contributed by atoms with van der Waals surface area (Å²) in [5, 5.41) is 11.3. The Morgan fingerprint density at radius 3 is 2.54 bits per heavy atom. The smallest absolute Gasteiger partial charge is 0.313 e. The Hall–Kier alpha value is -2.28. The lowest BCUT2D eigenvalue weighted by Gasteiger charge is -2.10. The van der Waals surface area contributed by atoms with Gasteiger partial charge < -0.3 is 15.0 Å². The normalized spacial score (nSPS) is 10.6. The summed E-state index contributed by atoms with van der Waals surface area (Å²) in [5.74, 6) is -0.816. The van der Waals surface area contributed by atoms with E-state index in [1.54, 1.807) is 18.2 Å². The summed E-state index contributed by atoms with van der Waals surface area (Å²) in [4.78, 5) is 22.7. The van der Waals surface area contributed by atoms with Gasteiger partial charge in [-0.2, -0.15) is 0 Å². The first-order valence-corrected chi connectivity index (χ1v) is 8.58. The molecule has 0 aliphatic heterocycles. The number of aryl methyl sites for hydroxylation is 1. The molecule has 7 heteroatoms. The average molecular weight is 350 g/mol. The van der Waals surface area contributed by atoms with Crippen LogP contribution in [0.25, 0.3) is 5.69 Å². The number of thioether (sulfide) groups is 1. The molecule has 2 aromatic rings. The maximum absolute atomic E-state index is 13.1. The first kappa shape index (κ1) is 18.1. The van der Waals surface area contributed by atoms with Crippen LogP contribution >= 0.6 is 11.8 Å². The molecule has 1 aromatic carbocycles. The molecule has 0 spiro atoms. The average Bonchev–Trinajstić information content (AvgIpc) is 2.82.